The van der Waals surface area contributed by atoms with E-state index in [1.165, 1.54) is 0 Å². The van der Waals surface area contributed by atoms with Gasteiger partial charge in [0.15, 0.2) is 11.5 Å². The average molecular weight is 192 g/mol. The molecular weight excluding hydrogens is 176 g/mol. The summed E-state index contributed by atoms with van der Waals surface area (Å²) in [5, 5.41) is 9.50. The molecule has 1 N–H and O–H groups in total. The monoisotopic (exact) mass is 192 g/mol. The number of hydrogen-bond donors (Lipinski definition) is 1. The van der Waals surface area contributed by atoms with E-state index in [1.807, 2.05) is 32.1 Å². The fourth-order valence-corrected chi connectivity index (χ4v) is 1.20. The highest BCUT2D eigenvalue weighted by atomic mass is 16.5. The molecule has 0 aromatic heterocycles. The van der Waals surface area contributed by atoms with E-state index in [0.717, 1.165) is 12.0 Å². The molecule has 0 spiro atoms. The summed E-state index contributed by atoms with van der Waals surface area (Å²) in [5.41, 5.74) is 1.09. The fourth-order valence-electron chi connectivity index (χ4n) is 1.20. The van der Waals surface area contributed by atoms with Crippen LogP contribution in [0.25, 0.3) is 0 Å². The predicted octanol–water partition coefficient (Wildman–Crippen LogP) is 2.91. The van der Waals surface area contributed by atoms with E-state index in [-0.39, 0.29) is 11.9 Å². The highest BCUT2D eigenvalue weighted by molar-refractivity contribution is 5.42. The molecule has 0 bridgehead atoms. The average Bonchev–Trinajstić information content (AvgIpc) is 2.10. The first-order valence-corrected chi connectivity index (χ1v) is 4.73. The van der Waals surface area contributed by atoms with Gasteiger partial charge in [0, 0.05) is 0 Å². The van der Waals surface area contributed by atoms with Crippen molar-refractivity contribution in [3.8, 4) is 11.5 Å². The Morgan fingerprint density at radius 3 is 2.79 bits per heavy atom. The molecule has 1 aromatic rings. The molecule has 76 valence electrons. The SMILES string of the molecule is C=CCc1ccc(O)c(OC(C)C)c1. The van der Waals surface area contributed by atoms with Crippen LogP contribution in [0.15, 0.2) is 30.9 Å². The Morgan fingerprint density at radius 1 is 1.50 bits per heavy atom. The third kappa shape index (κ3) is 2.80. The van der Waals surface area contributed by atoms with Gasteiger partial charge in [0.2, 0.25) is 0 Å². The summed E-state index contributed by atoms with van der Waals surface area (Å²) in [6.45, 7) is 7.53. The zero-order valence-corrected chi connectivity index (χ0v) is 8.66. The van der Waals surface area contributed by atoms with Gasteiger partial charge in [0.25, 0.3) is 0 Å². The summed E-state index contributed by atoms with van der Waals surface area (Å²) in [5.74, 6) is 0.728. The minimum atomic E-state index is 0.0693. The van der Waals surface area contributed by atoms with Gasteiger partial charge in [-0.25, -0.2) is 0 Å². The summed E-state index contributed by atoms with van der Waals surface area (Å²) in [7, 11) is 0. The van der Waals surface area contributed by atoms with Crippen LogP contribution in [-0.4, -0.2) is 11.2 Å². The zero-order chi connectivity index (χ0) is 10.6. The van der Waals surface area contributed by atoms with E-state index in [2.05, 4.69) is 6.58 Å². The van der Waals surface area contributed by atoms with Crippen molar-refractivity contribution in [3.05, 3.63) is 36.4 Å². The lowest BCUT2D eigenvalue weighted by molar-refractivity contribution is 0.231. The second-order valence-corrected chi connectivity index (χ2v) is 3.46. The van der Waals surface area contributed by atoms with Crippen LogP contribution >= 0.6 is 0 Å². The number of rotatable bonds is 4. The van der Waals surface area contributed by atoms with Crippen molar-refractivity contribution in [1.29, 1.82) is 0 Å². The Labute approximate surface area is 84.8 Å². The lowest BCUT2D eigenvalue weighted by Crippen LogP contribution is -2.05. The predicted molar refractivity (Wildman–Crippen MR) is 57.8 cm³/mol. The molecule has 0 amide bonds. The van der Waals surface area contributed by atoms with Gasteiger partial charge in [-0.2, -0.15) is 0 Å². The largest absolute Gasteiger partial charge is 0.504 e. The smallest absolute Gasteiger partial charge is 0.161 e. The summed E-state index contributed by atoms with van der Waals surface area (Å²) in [6.07, 6.45) is 2.68. The van der Waals surface area contributed by atoms with E-state index in [4.69, 9.17) is 4.74 Å². The Kier molecular flexibility index (Phi) is 3.57. The first-order valence-electron chi connectivity index (χ1n) is 4.73. The molecule has 0 heterocycles. The summed E-state index contributed by atoms with van der Waals surface area (Å²) >= 11 is 0. The number of phenolic OH excluding ortho intramolecular Hbond substituents is 1. The molecule has 0 saturated carbocycles. The van der Waals surface area contributed by atoms with Crippen LogP contribution in [-0.2, 0) is 6.42 Å². The van der Waals surface area contributed by atoms with Crippen molar-refractivity contribution in [2.24, 2.45) is 0 Å². The van der Waals surface area contributed by atoms with Crippen molar-refractivity contribution in [2.45, 2.75) is 26.4 Å². The van der Waals surface area contributed by atoms with Crippen LogP contribution in [0, 0.1) is 0 Å². The quantitative estimate of drug-likeness (QED) is 0.743. The molecule has 0 atom stereocenters. The lowest BCUT2D eigenvalue weighted by atomic mass is 10.1. The van der Waals surface area contributed by atoms with Crippen LogP contribution in [0.5, 0.6) is 11.5 Å². The van der Waals surface area contributed by atoms with Crippen LogP contribution in [0.2, 0.25) is 0 Å². The summed E-state index contributed by atoms with van der Waals surface area (Å²) in [4.78, 5) is 0. The van der Waals surface area contributed by atoms with E-state index in [0.29, 0.717) is 5.75 Å². The maximum absolute atomic E-state index is 9.50. The molecule has 0 radical (unpaired) electrons. The van der Waals surface area contributed by atoms with Crippen molar-refractivity contribution >= 4 is 0 Å². The molecule has 0 aliphatic carbocycles. The van der Waals surface area contributed by atoms with E-state index >= 15 is 0 Å². The highest BCUT2D eigenvalue weighted by Gasteiger charge is 2.04. The Hall–Kier alpha value is -1.44. The molecule has 2 nitrogen and oxygen atoms in total. The molecular formula is C12H16O2. The normalized spacial score (nSPS) is 10.2. The molecule has 0 aliphatic rings. The van der Waals surface area contributed by atoms with Crippen LogP contribution in [0.1, 0.15) is 19.4 Å². The zero-order valence-electron chi connectivity index (χ0n) is 8.66. The number of aromatic hydroxyl groups is 1. The molecule has 0 saturated heterocycles. The van der Waals surface area contributed by atoms with Crippen molar-refractivity contribution in [3.63, 3.8) is 0 Å². The second kappa shape index (κ2) is 4.70. The topological polar surface area (TPSA) is 29.5 Å². The molecule has 1 aromatic carbocycles. The molecule has 0 aliphatic heterocycles. The second-order valence-electron chi connectivity index (χ2n) is 3.46. The Balaban J connectivity index is 2.89. The molecule has 14 heavy (non-hydrogen) atoms. The molecule has 2 heteroatoms. The van der Waals surface area contributed by atoms with Crippen LogP contribution < -0.4 is 4.74 Å². The lowest BCUT2D eigenvalue weighted by Gasteiger charge is -2.12. The van der Waals surface area contributed by atoms with Crippen LogP contribution in [0.3, 0.4) is 0 Å². The summed E-state index contributed by atoms with van der Waals surface area (Å²) < 4.78 is 5.45. The van der Waals surface area contributed by atoms with Gasteiger partial charge >= 0.3 is 0 Å². The maximum atomic E-state index is 9.50. The van der Waals surface area contributed by atoms with Gasteiger partial charge in [-0.1, -0.05) is 12.1 Å². The molecule has 0 unspecified atom stereocenters. The van der Waals surface area contributed by atoms with E-state index in [9.17, 15) is 5.11 Å². The minimum absolute atomic E-state index is 0.0693. The minimum Gasteiger partial charge on any atom is -0.504 e. The molecule has 1 rings (SSSR count). The van der Waals surface area contributed by atoms with Gasteiger partial charge in [0.1, 0.15) is 0 Å². The first kappa shape index (κ1) is 10.6. The third-order valence-electron chi connectivity index (χ3n) is 1.77. The van der Waals surface area contributed by atoms with E-state index < -0.39 is 0 Å². The van der Waals surface area contributed by atoms with Gasteiger partial charge < -0.3 is 9.84 Å². The van der Waals surface area contributed by atoms with Gasteiger partial charge in [-0.05, 0) is 38.0 Å². The fraction of sp³-hybridized carbons (Fsp3) is 0.333. The number of ether oxygens (including phenoxy) is 1. The summed E-state index contributed by atoms with van der Waals surface area (Å²) in [6, 6.07) is 5.36. The Bertz CT molecular complexity index is 316. The number of allylic oxidation sites excluding steroid dienone is 1. The number of phenols is 1. The van der Waals surface area contributed by atoms with Crippen molar-refractivity contribution in [1.82, 2.24) is 0 Å². The number of benzene rings is 1. The van der Waals surface area contributed by atoms with E-state index in [1.54, 1.807) is 6.07 Å². The molecule has 0 fully saturated rings. The van der Waals surface area contributed by atoms with Gasteiger partial charge in [-0.3, -0.25) is 0 Å². The maximum Gasteiger partial charge on any atom is 0.161 e. The standard InChI is InChI=1S/C12H16O2/c1-4-5-10-6-7-11(13)12(8-10)14-9(2)3/h4,6-9,13H,1,5H2,2-3H3. The first-order chi connectivity index (χ1) is 6.63. The number of hydrogen-bond acceptors (Lipinski definition) is 2. The van der Waals surface area contributed by atoms with Gasteiger partial charge in [-0.15, -0.1) is 6.58 Å². The van der Waals surface area contributed by atoms with Gasteiger partial charge in [0.05, 0.1) is 6.10 Å². The third-order valence-corrected chi connectivity index (χ3v) is 1.77. The highest BCUT2D eigenvalue weighted by Crippen LogP contribution is 2.27. The van der Waals surface area contributed by atoms with Crippen LogP contribution in [0.4, 0.5) is 0 Å². The van der Waals surface area contributed by atoms with Crippen molar-refractivity contribution in [2.75, 3.05) is 0 Å². The van der Waals surface area contributed by atoms with Crippen molar-refractivity contribution < 1.29 is 9.84 Å². The Morgan fingerprint density at radius 2 is 2.21 bits per heavy atom.